The average Bonchev–Trinajstić information content (AvgIpc) is 2.90. The lowest BCUT2D eigenvalue weighted by molar-refractivity contribution is 0.541. The summed E-state index contributed by atoms with van der Waals surface area (Å²) in [6.45, 7) is 1.64. The zero-order chi connectivity index (χ0) is 19.7. The number of halogens is 2. The predicted molar refractivity (Wildman–Crippen MR) is 112 cm³/mol. The van der Waals surface area contributed by atoms with Crippen molar-refractivity contribution >= 4 is 28.9 Å². The Hall–Kier alpha value is -2.41. The van der Waals surface area contributed by atoms with Crippen LogP contribution in [-0.4, -0.2) is 33.7 Å². The molecule has 6 nitrogen and oxygen atoms in total. The van der Waals surface area contributed by atoms with Gasteiger partial charge < -0.3 is 5.32 Å². The van der Waals surface area contributed by atoms with E-state index in [1.165, 1.54) is 4.68 Å². The molecule has 0 atom stereocenters. The molecule has 3 aromatic rings. The summed E-state index contributed by atoms with van der Waals surface area (Å²) in [5, 5.41) is 8.76. The Balaban J connectivity index is 1.88. The molecule has 2 heterocycles. The quantitative estimate of drug-likeness (QED) is 0.650. The number of aliphatic imine (C=N–C) groups is 1. The number of hydrogen-bond acceptors (Lipinski definition) is 4. The summed E-state index contributed by atoms with van der Waals surface area (Å²) in [5.41, 5.74) is 2.80. The first kappa shape index (κ1) is 18.9. The lowest BCUT2D eigenvalue weighted by Gasteiger charge is -2.12. The number of fused-ring (bicyclic) bond motifs is 3. The maximum Gasteiger partial charge on any atom is 0.350 e. The lowest BCUT2D eigenvalue weighted by Crippen LogP contribution is -2.26. The van der Waals surface area contributed by atoms with Crippen molar-refractivity contribution in [3.05, 3.63) is 79.9 Å². The van der Waals surface area contributed by atoms with Crippen LogP contribution >= 0.6 is 23.2 Å². The van der Waals surface area contributed by atoms with Gasteiger partial charge >= 0.3 is 5.69 Å². The van der Waals surface area contributed by atoms with Crippen LogP contribution in [0, 0.1) is 0 Å². The molecular weight excluding hydrogens is 397 g/mol. The van der Waals surface area contributed by atoms with Crippen LogP contribution in [0.3, 0.4) is 0 Å². The van der Waals surface area contributed by atoms with E-state index in [1.807, 2.05) is 43.4 Å². The van der Waals surface area contributed by atoms with Crippen molar-refractivity contribution in [1.29, 1.82) is 0 Å². The Bertz CT molecular complexity index is 1120. The van der Waals surface area contributed by atoms with Gasteiger partial charge in [-0.25, -0.2) is 14.0 Å². The summed E-state index contributed by atoms with van der Waals surface area (Å²) in [4.78, 5) is 17.8. The number of rotatable bonds is 5. The molecule has 0 saturated heterocycles. The Morgan fingerprint density at radius 2 is 1.96 bits per heavy atom. The normalized spacial score (nSPS) is 12.9. The third-order valence-corrected chi connectivity index (χ3v) is 5.23. The molecule has 2 aromatic carbocycles. The first-order chi connectivity index (χ1) is 13.6. The molecule has 144 valence electrons. The Labute approximate surface area is 172 Å². The van der Waals surface area contributed by atoms with E-state index in [0.717, 1.165) is 24.1 Å². The molecule has 0 bridgehead atoms. The van der Waals surface area contributed by atoms with Gasteiger partial charge in [0.05, 0.1) is 11.4 Å². The number of benzene rings is 2. The summed E-state index contributed by atoms with van der Waals surface area (Å²) in [6.07, 6.45) is 0.814. The predicted octanol–water partition coefficient (Wildman–Crippen LogP) is 3.30. The third-order valence-electron chi connectivity index (χ3n) is 4.67. The second kappa shape index (κ2) is 7.91. The molecule has 4 rings (SSSR count). The average molecular weight is 416 g/mol. The summed E-state index contributed by atoms with van der Waals surface area (Å²) in [6, 6.07) is 12.9. The van der Waals surface area contributed by atoms with Crippen molar-refractivity contribution in [2.75, 3.05) is 13.6 Å². The van der Waals surface area contributed by atoms with Gasteiger partial charge in [0, 0.05) is 27.7 Å². The standard InChI is InChI=1S/C20H19Cl2N5O/c1-23-9-4-10-26-20(28)27-17-8-7-13(21)11-15(17)19(24-12-18(27)25-26)14-5-2-3-6-16(14)22/h2-3,5-8,11,23H,4,9-10,12H2,1H3. The second-order valence-electron chi connectivity index (χ2n) is 6.52. The number of nitrogens with one attached hydrogen (secondary N) is 1. The second-order valence-corrected chi connectivity index (χ2v) is 7.36. The van der Waals surface area contributed by atoms with Crippen LogP contribution in [0.2, 0.25) is 10.0 Å². The van der Waals surface area contributed by atoms with Crippen LogP contribution in [0.25, 0.3) is 5.69 Å². The summed E-state index contributed by atoms with van der Waals surface area (Å²) in [5.74, 6) is 0.597. The van der Waals surface area contributed by atoms with Crippen molar-refractivity contribution in [2.45, 2.75) is 19.5 Å². The summed E-state index contributed by atoms with van der Waals surface area (Å²) in [7, 11) is 1.88. The van der Waals surface area contributed by atoms with Crippen molar-refractivity contribution < 1.29 is 0 Å². The van der Waals surface area contributed by atoms with Gasteiger partial charge in [-0.2, -0.15) is 5.10 Å². The fourth-order valence-corrected chi connectivity index (χ4v) is 3.76. The minimum absolute atomic E-state index is 0.176. The smallest absolute Gasteiger partial charge is 0.320 e. The fraction of sp³-hybridized carbons (Fsp3) is 0.250. The highest BCUT2D eigenvalue weighted by atomic mass is 35.5. The molecule has 0 amide bonds. The van der Waals surface area contributed by atoms with Crippen molar-refractivity contribution in [2.24, 2.45) is 4.99 Å². The monoisotopic (exact) mass is 415 g/mol. The number of hydrogen-bond donors (Lipinski definition) is 1. The highest BCUT2D eigenvalue weighted by molar-refractivity contribution is 6.36. The van der Waals surface area contributed by atoms with Gasteiger partial charge in [-0.05, 0) is 44.3 Å². The Morgan fingerprint density at radius 3 is 2.75 bits per heavy atom. The maximum absolute atomic E-state index is 13.1. The number of aromatic nitrogens is 3. The van der Waals surface area contributed by atoms with Crippen molar-refractivity contribution in [3.8, 4) is 5.69 Å². The minimum Gasteiger partial charge on any atom is -0.320 e. The molecular formula is C20H19Cl2N5O. The zero-order valence-electron chi connectivity index (χ0n) is 15.3. The van der Waals surface area contributed by atoms with Crippen LogP contribution in [0.5, 0.6) is 0 Å². The van der Waals surface area contributed by atoms with E-state index in [-0.39, 0.29) is 12.2 Å². The van der Waals surface area contributed by atoms with E-state index in [2.05, 4.69) is 10.4 Å². The molecule has 0 radical (unpaired) electrons. The van der Waals surface area contributed by atoms with E-state index in [1.54, 1.807) is 10.6 Å². The van der Waals surface area contributed by atoms with Crippen LogP contribution in [-0.2, 0) is 13.1 Å². The molecule has 0 saturated carbocycles. The van der Waals surface area contributed by atoms with E-state index >= 15 is 0 Å². The van der Waals surface area contributed by atoms with Gasteiger partial charge in [0.1, 0.15) is 6.54 Å². The lowest BCUT2D eigenvalue weighted by atomic mass is 10.0. The minimum atomic E-state index is -0.176. The first-order valence-corrected chi connectivity index (χ1v) is 9.78. The molecule has 1 aliphatic heterocycles. The van der Waals surface area contributed by atoms with Gasteiger partial charge in [-0.3, -0.25) is 4.99 Å². The molecule has 0 aliphatic carbocycles. The summed E-state index contributed by atoms with van der Waals surface area (Å²) >= 11 is 12.7. The number of nitrogens with zero attached hydrogens (tertiary/aromatic N) is 4. The van der Waals surface area contributed by atoms with E-state index in [4.69, 9.17) is 28.2 Å². The van der Waals surface area contributed by atoms with Crippen molar-refractivity contribution in [1.82, 2.24) is 19.7 Å². The van der Waals surface area contributed by atoms with Crippen LogP contribution in [0.15, 0.2) is 52.3 Å². The summed E-state index contributed by atoms with van der Waals surface area (Å²) < 4.78 is 3.12. The first-order valence-electron chi connectivity index (χ1n) is 9.03. The molecule has 28 heavy (non-hydrogen) atoms. The Morgan fingerprint density at radius 1 is 1.14 bits per heavy atom. The molecule has 1 N–H and O–H groups in total. The molecule has 8 heteroatoms. The van der Waals surface area contributed by atoms with Gasteiger partial charge in [0.15, 0.2) is 5.82 Å². The maximum atomic E-state index is 13.1. The molecule has 0 unspecified atom stereocenters. The third kappa shape index (κ3) is 3.39. The van der Waals surface area contributed by atoms with E-state index in [9.17, 15) is 4.79 Å². The Kier molecular flexibility index (Phi) is 5.35. The molecule has 1 aliphatic rings. The van der Waals surface area contributed by atoms with Gasteiger partial charge in [-0.1, -0.05) is 41.4 Å². The van der Waals surface area contributed by atoms with Crippen LogP contribution in [0.1, 0.15) is 23.4 Å². The van der Waals surface area contributed by atoms with Gasteiger partial charge in [0.2, 0.25) is 0 Å². The fourth-order valence-electron chi connectivity index (χ4n) is 3.36. The van der Waals surface area contributed by atoms with Gasteiger partial charge in [-0.15, -0.1) is 0 Å². The molecule has 0 fully saturated rings. The van der Waals surface area contributed by atoms with E-state index < -0.39 is 0 Å². The zero-order valence-corrected chi connectivity index (χ0v) is 16.8. The van der Waals surface area contributed by atoms with Crippen molar-refractivity contribution in [3.63, 3.8) is 0 Å². The SMILES string of the molecule is CNCCCn1nc2n(c1=O)-c1ccc(Cl)cc1C(c1ccccc1Cl)=NC2. The molecule has 1 aromatic heterocycles. The topological polar surface area (TPSA) is 64.2 Å². The van der Waals surface area contributed by atoms with E-state index in [0.29, 0.717) is 33.8 Å². The largest absolute Gasteiger partial charge is 0.350 e. The van der Waals surface area contributed by atoms with Gasteiger partial charge in [0.25, 0.3) is 0 Å². The molecule has 0 spiro atoms. The highest BCUT2D eigenvalue weighted by Gasteiger charge is 2.24. The van der Waals surface area contributed by atoms with Crippen LogP contribution in [0.4, 0.5) is 0 Å². The number of aryl methyl sites for hydroxylation is 1. The van der Waals surface area contributed by atoms with Crippen LogP contribution < -0.4 is 11.0 Å². The highest BCUT2D eigenvalue weighted by Crippen LogP contribution is 2.28.